The summed E-state index contributed by atoms with van der Waals surface area (Å²) in [6.45, 7) is 1.54. The van der Waals surface area contributed by atoms with Gasteiger partial charge in [-0.2, -0.15) is 0 Å². The van der Waals surface area contributed by atoms with Gasteiger partial charge in [0.15, 0.2) is 0 Å². The third-order valence-electron chi connectivity index (χ3n) is 4.18. The Balaban J connectivity index is 1.88. The lowest BCUT2D eigenvalue weighted by atomic mass is 10.1. The molecule has 1 aliphatic heterocycles. The van der Waals surface area contributed by atoms with Gasteiger partial charge in [0.05, 0.1) is 17.6 Å². The molecular weight excluding hydrogens is 329 g/mol. The number of thiophene rings is 1. The monoisotopic (exact) mass is 349 g/mol. The number of benzene rings is 1. The third kappa shape index (κ3) is 3.66. The number of methoxy groups -OCH3 is 1. The summed E-state index contributed by atoms with van der Waals surface area (Å²) in [5, 5.41) is 9.59. The summed E-state index contributed by atoms with van der Waals surface area (Å²) < 4.78 is 18.4. The topological polar surface area (TPSA) is 49.8 Å². The Hall–Kier alpha value is -1.76. The van der Waals surface area contributed by atoms with Crippen molar-refractivity contribution in [2.45, 2.75) is 25.6 Å². The molecule has 3 rings (SSSR count). The Kier molecular flexibility index (Phi) is 5.28. The Morgan fingerprint density at radius 2 is 2.00 bits per heavy atom. The molecule has 1 aromatic carbocycles. The average molecular weight is 349 g/mol. The van der Waals surface area contributed by atoms with Crippen LogP contribution in [0.15, 0.2) is 30.3 Å². The van der Waals surface area contributed by atoms with Crippen molar-refractivity contribution >= 4 is 17.2 Å². The van der Waals surface area contributed by atoms with E-state index in [1.807, 2.05) is 6.07 Å². The standard InChI is InChI=1S/C18H20FNO3S/c1-23-11-13-10-16(18(22)20-8-6-15(21)7-9-20)24-17(13)12-2-4-14(19)5-3-12/h2-5,10,15,21H,6-9,11H2,1H3. The number of nitrogens with zero attached hydrogens (tertiary/aromatic N) is 1. The zero-order chi connectivity index (χ0) is 17.1. The predicted molar refractivity (Wildman–Crippen MR) is 91.6 cm³/mol. The quantitative estimate of drug-likeness (QED) is 0.921. The molecule has 0 aliphatic carbocycles. The molecule has 0 atom stereocenters. The Bertz CT molecular complexity index is 706. The smallest absolute Gasteiger partial charge is 0.263 e. The number of carbonyl (C=O) groups is 1. The van der Waals surface area contributed by atoms with E-state index >= 15 is 0 Å². The molecule has 1 amide bonds. The molecule has 1 saturated heterocycles. The molecule has 2 heterocycles. The van der Waals surface area contributed by atoms with E-state index in [1.54, 1.807) is 24.1 Å². The van der Waals surface area contributed by atoms with Crippen LogP contribution in [0.4, 0.5) is 4.39 Å². The van der Waals surface area contributed by atoms with Crippen LogP contribution in [0, 0.1) is 5.82 Å². The molecule has 1 N–H and O–H groups in total. The lowest BCUT2D eigenvalue weighted by Crippen LogP contribution is -2.39. The Morgan fingerprint density at radius 1 is 1.33 bits per heavy atom. The van der Waals surface area contributed by atoms with Crippen molar-refractivity contribution in [1.82, 2.24) is 4.90 Å². The van der Waals surface area contributed by atoms with Crippen LogP contribution in [0.25, 0.3) is 10.4 Å². The van der Waals surface area contributed by atoms with Gasteiger partial charge in [0.2, 0.25) is 0 Å². The second kappa shape index (κ2) is 7.42. The highest BCUT2D eigenvalue weighted by Crippen LogP contribution is 2.34. The van der Waals surface area contributed by atoms with E-state index < -0.39 is 0 Å². The minimum absolute atomic E-state index is 0.0161. The summed E-state index contributed by atoms with van der Waals surface area (Å²) in [6, 6.07) is 8.12. The average Bonchev–Trinajstić information content (AvgIpc) is 3.00. The van der Waals surface area contributed by atoms with E-state index in [9.17, 15) is 14.3 Å². The molecule has 6 heteroatoms. The first-order valence-corrected chi connectivity index (χ1v) is 8.75. The summed E-state index contributed by atoms with van der Waals surface area (Å²) in [5.74, 6) is -0.301. The molecule has 2 aromatic rings. The maximum absolute atomic E-state index is 13.2. The molecule has 0 radical (unpaired) electrons. The van der Waals surface area contributed by atoms with Gasteiger partial charge in [0, 0.05) is 25.1 Å². The van der Waals surface area contributed by atoms with Crippen molar-refractivity contribution in [3.8, 4) is 10.4 Å². The van der Waals surface area contributed by atoms with Crippen molar-refractivity contribution in [3.63, 3.8) is 0 Å². The normalized spacial score (nSPS) is 15.7. The highest BCUT2D eigenvalue weighted by Gasteiger charge is 2.25. The number of ether oxygens (including phenoxy) is 1. The van der Waals surface area contributed by atoms with E-state index in [-0.39, 0.29) is 17.8 Å². The van der Waals surface area contributed by atoms with Crippen LogP contribution in [-0.4, -0.2) is 42.2 Å². The maximum atomic E-state index is 13.2. The Morgan fingerprint density at radius 3 is 2.62 bits per heavy atom. The fraction of sp³-hybridized carbons (Fsp3) is 0.389. The second-order valence-electron chi connectivity index (χ2n) is 5.93. The Labute approximate surface area is 144 Å². The molecule has 0 bridgehead atoms. The van der Waals surface area contributed by atoms with Gasteiger partial charge in [-0.05, 0) is 42.2 Å². The number of rotatable bonds is 4. The van der Waals surface area contributed by atoms with Crippen molar-refractivity contribution in [3.05, 3.63) is 46.6 Å². The number of hydrogen-bond donors (Lipinski definition) is 1. The van der Waals surface area contributed by atoms with Gasteiger partial charge in [-0.3, -0.25) is 4.79 Å². The van der Waals surface area contributed by atoms with Crippen LogP contribution in [-0.2, 0) is 11.3 Å². The van der Waals surface area contributed by atoms with Gasteiger partial charge in [-0.15, -0.1) is 11.3 Å². The summed E-state index contributed by atoms with van der Waals surface area (Å²) >= 11 is 1.40. The zero-order valence-corrected chi connectivity index (χ0v) is 14.3. The van der Waals surface area contributed by atoms with Crippen LogP contribution >= 0.6 is 11.3 Å². The highest BCUT2D eigenvalue weighted by molar-refractivity contribution is 7.17. The first-order valence-electron chi connectivity index (χ1n) is 7.93. The number of aliphatic hydroxyl groups excluding tert-OH is 1. The van der Waals surface area contributed by atoms with Gasteiger partial charge in [0.1, 0.15) is 5.82 Å². The first-order chi connectivity index (χ1) is 11.6. The van der Waals surface area contributed by atoms with Crippen molar-refractivity contribution < 1.29 is 19.0 Å². The molecule has 0 saturated carbocycles. The van der Waals surface area contributed by atoms with E-state index in [2.05, 4.69) is 0 Å². The molecule has 4 nitrogen and oxygen atoms in total. The fourth-order valence-electron chi connectivity index (χ4n) is 2.87. The molecule has 0 unspecified atom stereocenters. The van der Waals surface area contributed by atoms with Gasteiger partial charge < -0.3 is 14.7 Å². The van der Waals surface area contributed by atoms with Gasteiger partial charge >= 0.3 is 0 Å². The lowest BCUT2D eigenvalue weighted by Gasteiger charge is -2.29. The predicted octanol–water partition coefficient (Wildman–Crippen LogP) is 3.30. The number of halogens is 1. The van der Waals surface area contributed by atoms with Gasteiger partial charge in [0.25, 0.3) is 5.91 Å². The van der Waals surface area contributed by atoms with Crippen LogP contribution in [0.2, 0.25) is 0 Å². The molecule has 0 spiro atoms. The third-order valence-corrected chi connectivity index (χ3v) is 5.39. The van der Waals surface area contributed by atoms with E-state index in [4.69, 9.17) is 4.74 Å². The summed E-state index contributed by atoms with van der Waals surface area (Å²) in [7, 11) is 1.61. The van der Waals surface area contributed by atoms with Crippen LogP contribution < -0.4 is 0 Å². The van der Waals surface area contributed by atoms with Crippen molar-refractivity contribution in [1.29, 1.82) is 0 Å². The maximum Gasteiger partial charge on any atom is 0.263 e. The van der Waals surface area contributed by atoms with Crippen LogP contribution in [0.3, 0.4) is 0 Å². The minimum Gasteiger partial charge on any atom is -0.393 e. The highest BCUT2D eigenvalue weighted by atomic mass is 32.1. The van der Waals surface area contributed by atoms with Crippen LogP contribution in [0.5, 0.6) is 0 Å². The molecule has 1 aromatic heterocycles. The van der Waals surface area contributed by atoms with E-state index in [0.717, 1.165) is 16.0 Å². The molecule has 128 valence electrons. The summed E-state index contributed by atoms with van der Waals surface area (Å²) in [5.41, 5.74) is 1.80. The number of hydrogen-bond acceptors (Lipinski definition) is 4. The van der Waals surface area contributed by atoms with Crippen LogP contribution in [0.1, 0.15) is 28.1 Å². The second-order valence-corrected chi connectivity index (χ2v) is 6.98. The first kappa shape index (κ1) is 17.1. The number of amides is 1. The van der Waals surface area contributed by atoms with E-state index in [0.29, 0.717) is 37.4 Å². The lowest BCUT2D eigenvalue weighted by molar-refractivity contribution is 0.0550. The SMILES string of the molecule is COCc1cc(C(=O)N2CCC(O)CC2)sc1-c1ccc(F)cc1. The van der Waals surface area contributed by atoms with Gasteiger partial charge in [-0.25, -0.2) is 4.39 Å². The minimum atomic E-state index is -0.309. The molecular formula is C18H20FNO3S. The zero-order valence-electron chi connectivity index (χ0n) is 13.5. The van der Waals surface area contributed by atoms with Crippen molar-refractivity contribution in [2.75, 3.05) is 20.2 Å². The summed E-state index contributed by atoms with van der Waals surface area (Å²) in [6.07, 6.45) is 0.927. The fourth-order valence-corrected chi connectivity index (χ4v) is 4.01. The van der Waals surface area contributed by atoms with Crippen molar-refractivity contribution in [2.24, 2.45) is 0 Å². The summed E-state index contributed by atoms with van der Waals surface area (Å²) in [4.78, 5) is 16.1. The van der Waals surface area contributed by atoms with E-state index in [1.165, 1.54) is 23.5 Å². The number of aliphatic hydroxyl groups is 1. The molecule has 1 aliphatic rings. The number of carbonyl (C=O) groups excluding carboxylic acids is 1. The molecule has 24 heavy (non-hydrogen) atoms. The number of likely N-dealkylation sites (tertiary alicyclic amines) is 1. The molecule has 1 fully saturated rings. The van der Waals surface area contributed by atoms with Gasteiger partial charge in [-0.1, -0.05) is 12.1 Å². The number of piperidine rings is 1. The largest absolute Gasteiger partial charge is 0.393 e.